The van der Waals surface area contributed by atoms with Crippen LogP contribution in [0.15, 0.2) is 60.7 Å². The van der Waals surface area contributed by atoms with E-state index in [0.29, 0.717) is 32.1 Å². The SMILES string of the molecule is C#C.COCCN(C)CCOc1ccc(CN(C)c2cccc(OC)c2)cc1F.Oc1ccc2c(c1)CCCC2. The average Bonchev–Trinajstić information content (AvgIpc) is 2.98. The number of nitrogens with zero attached hydrogens (tertiary/aromatic N) is 2. The van der Waals surface area contributed by atoms with Crippen LogP contribution in [-0.4, -0.2) is 64.6 Å². The van der Waals surface area contributed by atoms with Crippen LogP contribution in [-0.2, 0) is 24.1 Å². The van der Waals surface area contributed by atoms with Gasteiger partial charge in [0, 0.05) is 45.5 Å². The highest BCUT2D eigenvalue weighted by Crippen LogP contribution is 2.25. The van der Waals surface area contributed by atoms with Gasteiger partial charge < -0.3 is 29.1 Å². The number of ether oxygens (including phenoxy) is 3. The molecule has 3 aromatic rings. The molecule has 1 aliphatic carbocycles. The van der Waals surface area contributed by atoms with Gasteiger partial charge in [0.2, 0.25) is 0 Å². The Morgan fingerprint density at radius 2 is 1.60 bits per heavy atom. The Bertz CT molecular complexity index is 1180. The zero-order valence-electron chi connectivity index (χ0n) is 24.2. The summed E-state index contributed by atoms with van der Waals surface area (Å²) in [6, 6.07) is 18.6. The Morgan fingerprint density at radius 1 is 0.875 bits per heavy atom. The minimum atomic E-state index is -0.342. The second-order valence-electron chi connectivity index (χ2n) is 9.63. The number of phenolic OH excluding ortho intramolecular Hbond substituents is 1. The molecule has 0 radical (unpaired) electrons. The molecule has 40 heavy (non-hydrogen) atoms. The van der Waals surface area contributed by atoms with E-state index in [1.807, 2.05) is 61.5 Å². The number of hydrogen-bond acceptors (Lipinski definition) is 6. The van der Waals surface area contributed by atoms with E-state index in [4.69, 9.17) is 14.2 Å². The van der Waals surface area contributed by atoms with Crippen LogP contribution in [0.5, 0.6) is 17.2 Å². The van der Waals surface area contributed by atoms with Crippen LogP contribution >= 0.6 is 0 Å². The highest BCUT2D eigenvalue weighted by Gasteiger charge is 2.10. The molecule has 6 nitrogen and oxygen atoms in total. The second-order valence-corrected chi connectivity index (χ2v) is 9.63. The van der Waals surface area contributed by atoms with Gasteiger partial charge in [-0.1, -0.05) is 18.2 Å². The third kappa shape index (κ3) is 10.8. The van der Waals surface area contributed by atoms with Crippen LogP contribution in [0.1, 0.15) is 29.5 Å². The third-order valence-corrected chi connectivity index (χ3v) is 6.65. The summed E-state index contributed by atoms with van der Waals surface area (Å²) < 4.78 is 30.2. The van der Waals surface area contributed by atoms with Crippen LogP contribution in [0.25, 0.3) is 0 Å². The lowest BCUT2D eigenvalue weighted by molar-refractivity contribution is 0.149. The summed E-state index contributed by atoms with van der Waals surface area (Å²) in [5.41, 5.74) is 4.65. The zero-order chi connectivity index (χ0) is 29.3. The molecule has 1 aliphatic rings. The molecular formula is C33H43FN2O4. The minimum Gasteiger partial charge on any atom is -0.508 e. The first-order chi connectivity index (χ1) is 19.4. The summed E-state index contributed by atoms with van der Waals surface area (Å²) in [5.74, 6) is 1.14. The lowest BCUT2D eigenvalue weighted by Gasteiger charge is -2.20. The van der Waals surface area contributed by atoms with Crippen molar-refractivity contribution in [2.24, 2.45) is 0 Å². The first-order valence-corrected chi connectivity index (χ1v) is 13.5. The van der Waals surface area contributed by atoms with Gasteiger partial charge in [0.25, 0.3) is 0 Å². The van der Waals surface area contributed by atoms with Crippen molar-refractivity contribution in [3.63, 3.8) is 0 Å². The molecular weight excluding hydrogens is 507 g/mol. The van der Waals surface area contributed by atoms with Crippen molar-refractivity contribution in [1.82, 2.24) is 4.90 Å². The van der Waals surface area contributed by atoms with E-state index in [1.54, 1.807) is 26.4 Å². The summed E-state index contributed by atoms with van der Waals surface area (Å²) in [4.78, 5) is 4.13. The van der Waals surface area contributed by atoms with Crippen molar-refractivity contribution in [2.45, 2.75) is 32.2 Å². The van der Waals surface area contributed by atoms with E-state index in [-0.39, 0.29) is 11.6 Å². The number of likely N-dealkylation sites (N-methyl/N-ethyl adjacent to an activating group) is 1. The first-order valence-electron chi connectivity index (χ1n) is 13.5. The fourth-order valence-corrected chi connectivity index (χ4v) is 4.36. The Labute approximate surface area is 239 Å². The summed E-state index contributed by atoms with van der Waals surface area (Å²) in [7, 11) is 7.26. The largest absolute Gasteiger partial charge is 0.508 e. The first kappa shape index (κ1) is 32.5. The number of aryl methyl sites for hydroxylation is 2. The van der Waals surface area contributed by atoms with Crippen LogP contribution in [0.4, 0.5) is 10.1 Å². The van der Waals surface area contributed by atoms with Crippen LogP contribution in [0, 0.1) is 18.7 Å². The Hall–Kier alpha value is -3.73. The van der Waals surface area contributed by atoms with Gasteiger partial charge in [-0.3, -0.25) is 0 Å². The van der Waals surface area contributed by atoms with Crippen LogP contribution < -0.4 is 14.4 Å². The predicted octanol–water partition coefficient (Wildman–Crippen LogP) is 5.95. The smallest absolute Gasteiger partial charge is 0.165 e. The molecule has 0 saturated carbocycles. The molecule has 0 saturated heterocycles. The Balaban J connectivity index is 0.000000355. The molecule has 0 unspecified atom stereocenters. The van der Waals surface area contributed by atoms with E-state index >= 15 is 0 Å². The molecule has 0 aromatic heterocycles. The highest BCUT2D eigenvalue weighted by molar-refractivity contribution is 5.50. The number of terminal acetylenes is 1. The van der Waals surface area contributed by atoms with E-state index < -0.39 is 0 Å². The highest BCUT2D eigenvalue weighted by atomic mass is 19.1. The standard InChI is InChI=1S/C21H29FN2O3.C10H12O.C2H2/c1-23(10-12-25-3)11-13-27-21-9-8-17(14-20(21)22)16-24(2)18-6-5-7-19(15-18)26-4;11-10-6-5-8-3-1-2-4-9(8)7-10;1-2/h5-9,14-15H,10-13,16H2,1-4H3;5-7,11H,1-4H2;1-2H. The number of aromatic hydroxyl groups is 1. The number of benzene rings is 3. The molecule has 1 N–H and O–H groups in total. The third-order valence-electron chi connectivity index (χ3n) is 6.65. The molecule has 0 atom stereocenters. The lowest BCUT2D eigenvalue weighted by atomic mass is 9.92. The zero-order valence-corrected chi connectivity index (χ0v) is 24.2. The average molecular weight is 551 g/mol. The lowest BCUT2D eigenvalue weighted by Crippen LogP contribution is -2.27. The van der Waals surface area contributed by atoms with Crippen molar-refractivity contribution < 1.29 is 23.7 Å². The van der Waals surface area contributed by atoms with Crippen LogP contribution in [0.2, 0.25) is 0 Å². The number of methoxy groups -OCH3 is 2. The van der Waals surface area contributed by atoms with E-state index in [9.17, 15) is 9.50 Å². The normalized spacial score (nSPS) is 11.8. The van der Waals surface area contributed by atoms with Gasteiger partial charge in [-0.2, -0.15) is 0 Å². The number of halogens is 1. The molecule has 0 bridgehead atoms. The minimum absolute atomic E-state index is 0.280. The number of phenols is 1. The molecule has 0 fully saturated rings. The van der Waals surface area contributed by atoms with Gasteiger partial charge in [-0.05, 0) is 85.8 Å². The Kier molecular flexibility index (Phi) is 14.4. The van der Waals surface area contributed by atoms with Crippen molar-refractivity contribution in [1.29, 1.82) is 0 Å². The van der Waals surface area contributed by atoms with Gasteiger partial charge in [0.05, 0.1) is 13.7 Å². The number of rotatable bonds is 11. The number of hydrogen-bond donors (Lipinski definition) is 1. The van der Waals surface area contributed by atoms with Gasteiger partial charge >= 0.3 is 0 Å². The topological polar surface area (TPSA) is 54.4 Å². The quantitative estimate of drug-likeness (QED) is 0.298. The summed E-state index contributed by atoms with van der Waals surface area (Å²) in [6.07, 6.45) is 12.9. The summed E-state index contributed by atoms with van der Waals surface area (Å²) in [5, 5.41) is 9.19. The number of fused-ring (bicyclic) bond motifs is 1. The molecule has 0 amide bonds. The summed E-state index contributed by atoms with van der Waals surface area (Å²) in [6.45, 7) is 3.21. The molecule has 3 aromatic carbocycles. The van der Waals surface area contributed by atoms with E-state index in [0.717, 1.165) is 30.0 Å². The van der Waals surface area contributed by atoms with Crippen molar-refractivity contribution >= 4 is 5.69 Å². The van der Waals surface area contributed by atoms with Crippen LogP contribution in [0.3, 0.4) is 0 Å². The maximum atomic E-state index is 14.4. The predicted molar refractivity (Wildman–Crippen MR) is 161 cm³/mol. The monoisotopic (exact) mass is 550 g/mol. The summed E-state index contributed by atoms with van der Waals surface area (Å²) >= 11 is 0. The van der Waals surface area contributed by atoms with Crippen molar-refractivity contribution in [2.75, 3.05) is 59.5 Å². The van der Waals surface area contributed by atoms with Crippen molar-refractivity contribution in [3.8, 4) is 30.1 Å². The maximum Gasteiger partial charge on any atom is 0.165 e. The van der Waals surface area contributed by atoms with E-state index in [1.165, 1.54) is 36.5 Å². The van der Waals surface area contributed by atoms with Gasteiger partial charge in [-0.15, -0.1) is 12.8 Å². The Morgan fingerprint density at radius 3 is 2.30 bits per heavy atom. The number of anilines is 1. The van der Waals surface area contributed by atoms with Gasteiger partial charge in [0.15, 0.2) is 11.6 Å². The van der Waals surface area contributed by atoms with Crippen molar-refractivity contribution in [3.05, 3.63) is 83.2 Å². The van der Waals surface area contributed by atoms with Gasteiger partial charge in [0.1, 0.15) is 18.1 Å². The fraction of sp³-hybridized carbons (Fsp3) is 0.394. The second kappa shape index (κ2) is 17.8. The molecule has 0 spiro atoms. The maximum absolute atomic E-state index is 14.4. The van der Waals surface area contributed by atoms with Gasteiger partial charge in [-0.25, -0.2) is 4.39 Å². The van der Waals surface area contributed by atoms with E-state index in [2.05, 4.69) is 17.7 Å². The fourth-order valence-electron chi connectivity index (χ4n) is 4.36. The molecule has 4 rings (SSSR count). The molecule has 7 heteroatoms. The molecule has 216 valence electrons. The molecule has 0 heterocycles. The molecule has 0 aliphatic heterocycles.